The molecule has 0 aromatic heterocycles. The van der Waals surface area contributed by atoms with Gasteiger partial charge in [0.05, 0.1) is 18.4 Å². The first kappa shape index (κ1) is 19.0. The Kier molecular flexibility index (Phi) is 5.82. The van der Waals surface area contributed by atoms with Crippen molar-refractivity contribution in [1.29, 1.82) is 0 Å². The highest BCUT2D eigenvalue weighted by Gasteiger charge is 2.41. The van der Waals surface area contributed by atoms with E-state index in [-0.39, 0.29) is 5.91 Å². The van der Waals surface area contributed by atoms with Crippen molar-refractivity contribution < 1.29 is 19.1 Å². The molecule has 6 heteroatoms. The fraction of sp³-hybridized carbons (Fsp3) is 0.526. The average molecular weight is 346 g/mol. The summed E-state index contributed by atoms with van der Waals surface area (Å²) in [5.74, 6) is 0.0883. The first-order valence-corrected chi connectivity index (χ1v) is 8.46. The monoisotopic (exact) mass is 346 g/mol. The van der Waals surface area contributed by atoms with Crippen molar-refractivity contribution in [3.05, 3.63) is 23.3 Å². The van der Waals surface area contributed by atoms with Gasteiger partial charge in [-0.1, -0.05) is 0 Å². The topological polar surface area (TPSA) is 68.2 Å². The molecule has 25 heavy (non-hydrogen) atoms. The second-order valence-corrected chi connectivity index (χ2v) is 6.63. The summed E-state index contributed by atoms with van der Waals surface area (Å²) in [5, 5.41) is 0. The van der Waals surface area contributed by atoms with Crippen LogP contribution in [0.25, 0.3) is 0 Å². The van der Waals surface area contributed by atoms with E-state index in [0.717, 1.165) is 24.8 Å². The van der Waals surface area contributed by atoms with Crippen molar-refractivity contribution in [2.24, 2.45) is 4.99 Å². The third-order valence-corrected chi connectivity index (χ3v) is 4.27. The number of rotatable bonds is 6. The molecule has 0 atom stereocenters. The Hall–Kier alpha value is -2.37. The van der Waals surface area contributed by atoms with Crippen LogP contribution in [-0.4, -0.2) is 44.4 Å². The molecular formula is C19H26N2O4. The van der Waals surface area contributed by atoms with Crippen LogP contribution in [-0.2, 0) is 9.53 Å². The number of carbonyl (C=O) groups is 2. The second kappa shape index (κ2) is 7.68. The van der Waals surface area contributed by atoms with Crippen LogP contribution in [0.3, 0.4) is 0 Å². The molecule has 1 amide bonds. The molecule has 0 radical (unpaired) electrons. The molecule has 136 valence electrons. The van der Waals surface area contributed by atoms with Gasteiger partial charge < -0.3 is 19.4 Å². The lowest BCUT2D eigenvalue weighted by Gasteiger charge is -2.39. The zero-order chi connectivity index (χ0) is 18.6. The number of ether oxygens (including phenoxy) is 2. The van der Waals surface area contributed by atoms with Crippen LogP contribution in [0, 0.1) is 6.92 Å². The Bertz CT molecular complexity index is 695. The Morgan fingerprint density at radius 2 is 2.08 bits per heavy atom. The van der Waals surface area contributed by atoms with Crippen molar-refractivity contribution in [3.63, 3.8) is 0 Å². The predicted octanol–water partition coefficient (Wildman–Crippen LogP) is 3.16. The van der Waals surface area contributed by atoms with Gasteiger partial charge in [0.2, 0.25) is 0 Å². The van der Waals surface area contributed by atoms with Crippen LogP contribution in [0.5, 0.6) is 5.75 Å². The number of hydrogen-bond acceptors (Lipinski definition) is 5. The minimum absolute atomic E-state index is 0.108. The fourth-order valence-electron chi connectivity index (χ4n) is 2.90. The Labute approximate surface area is 148 Å². The maximum absolute atomic E-state index is 12.8. The molecule has 0 aliphatic carbocycles. The van der Waals surface area contributed by atoms with Gasteiger partial charge in [0.1, 0.15) is 5.75 Å². The second-order valence-electron chi connectivity index (χ2n) is 6.63. The van der Waals surface area contributed by atoms with E-state index in [9.17, 15) is 9.59 Å². The minimum Gasteiger partial charge on any atom is -0.476 e. The van der Waals surface area contributed by atoms with Gasteiger partial charge in [-0.25, -0.2) is 4.79 Å². The molecule has 1 aromatic rings. The number of aryl methyl sites for hydroxylation is 1. The maximum atomic E-state index is 12.8. The molecule has 0 saturated heterocycles. The smallest absolute Gasteiger partial charge is 0.338 e. The van der Waals surface area contributed by atoms with Crippen LogP contribution in [0.2, 0.25) is 0 Å². The summed E-state index contributed by atoms with van der Waals surface area (Å²) >= 11 is 0. The number of esters is 1. The van der Waals surface area contributed by atoms with Gasteiger partial charge >= 0.3 is 5.97 Å². The quantitative estimate of drug-likeness (QED) is 0.451. The number of fused-ring (bicyclic) bond motifs is 1. The number of unbranched alkanes of at least 4 members (excludes halogenated alkanes) is 2. The number of methoxy groups -OCH3 is 1. The van der Waals surface area contributed by atoms with Crippen LogP contribution in [0.15, 0.2) is 17.1 Å². The van der Waals surface area contributed by atoms with Crippen LogP contribution < -0.4 is 9.64 Å². The number of carbonyl (C=O) groups excluding carboxylic acids is 2. The third kappa shape index (κ3) is 4.00. The standard InChI is InChI=1S/C19H26N2O4/c1-13-11-16-15(12-14(13)17(22)24-5)21(10-8-6-7-9-20-4)18(23)19(2,3)25-16/h9,11-12H,6-8,10H2,1-5H3. The van der Waals surface area contributed by atoms with Crippen molar-refractivity contribution in [1.82, 2.24) is 0 Å². The van der Waals surface area contributed by atoms with Crippen LogP contribution in [0.4, 0.5) is 5.69 Å². The van der Waals surface area contributed by atoms with E-state index >= 15 is 0 Å². The van der Waals surface area contributed by atoms with Crippen molar-refractivity contribution in [2.75, 3.05) is 25.6 Å². The van der Waals surface area contributed by atoms with Gasteiger partial charge in [0.15, 0.2) is 5.60 Å². The normalized spacial score (nSPS) is 15.9. The molecule has 1 aromatic carbocycles. The largest absolute Gasteiger partial charge is 0.476 e. The summed E-state index contributed by atoms with van der Waals surface area (Å²) in [6.07, 6.45) is 4.53. The van der Waals surface area contributed by atoms with Gasteiger partial charge in [-0.3, -0.25) is 4.79 Å². The van der Waals surface area contributed by atoms with Gasteiger partial charge in [-0.05, 0) is 63.9 Å². The number of aliphatic imine (C=N–C) groups is 1. The van der Waals surface area contributed by atoms with E-state index < -0.39 is 11.6 Å². The van der Waals surface area contributed by atoms with E-state index in [2.05, 4.69) is 4.99 Å². The summed E-state index contributed by atoms with van der Waals surface area (Å²) in [5.41, 5.74) is 0.895. The van der Waals surface area contributed by atoms with Gasteiger partial charge in [-0.15, -0.1) is 0 Å². The zero-order valence-corrected chi connectivity index (χ0v) is 15.6. The molecule has 1 aliphatic heterocycles. The number of amides is 1. The first-order chi connectivity index (χ1) is 11.8. The number of nitrogens with zero attached hydrogens (tertiary/aromatic N) is 2. The summed E-state index contributed by atoms with van der Waals surface area (Å²) in [6.45, 7) is 5.92. The predicted molar refractivity (Wildman–Crippen MR) is 97.8 cm³/mol. The Balaban J connectivity index is 2.35. The summed E-state index contributed by atoms with van der Waals surface area (Å²) in [7, 11) is 3.10. The SMILES string of the molecule is CN=CCCCCN1C(=O)C(C)(C)Oc2cc(C)c(C(=O)OC)cc21. The van der Waals surface area contributed by atoms with E-state index in [1.165, 1.54) is 7.11 Å². The first-order valence-electron chi connectivity index (χ1n) is 8.46. The molecule has 0 bridgehead atoms. The maximum Gasteiger partial charge on any atom is 0.338 e. The molecule has 6 nitrogen and oxygen atoms in total. The van der Waals surface area contributed by atoms with Crippen LogP contribution in [0.1, 0.15) is 49.0 Å². The lowest BCUT2D eigenvalue weighted by molar-refractivity contribution is -0.132. The molecule has 0 unspecified atom stereocenters. The molecule has 1 heterocycles. The van der Waals surface area contributed by atoms with E-state index in [1.807, 2.05) is 13.1 Å². The van der Waals surface area contributed by atoms with Crippen molar-refractivity contribution >= 4 is 23.8 Å². The molecule has 0 saturated carbocycles. The van der Waals surface area contributed by atoms with Crippen molar-refractivity contribution in [2.45, 2.75) is 45.6 Å². The molecule has 0 N–H and O–H groups in total. The van der Waals surface area contributed by atoms with E-state index in [4.69, 9.17) is 9.47 Å². The molecule has 0 spiro atoms. The fourth-order valence-corrected chi connectivity index (χ4v) is 2.90. The van der Waals surface area contributed by atoms with Gasteiger partial charge in [0.25, 0.3) is 5.91 Å². The van der Waals surface area contributed by atoms with E-state index in [1.54, 1.807) is 37.9 Å². The van der Waals surface area contributed by atoms with E-state index in [0.29, 0.717) is 23.5 Å². The number of hydrogen-bond donors (Lipinski definition) is 0. The number of anilines is 1. The minimum atomic E-state index is -0.933. The Morgan fingerprint density at radius 1 is 1.36 bits per heavy atom. The highest BCUT2D eigenvalue weighted by atomic mass is 16.5. The molecule has 1 aliphatic rings. The average Bonchev–Trinajstić information content (AvgIpc) is 2.56. The highest BCUT2D eigenvalue weighted by molar-refractivity contribution is 6.04. The summed E-state index contributed by atoms with van der Waals surface area (Å²) < 4.78 is 10.7. The zero-order valence-electron chi connectivity index (χ0n) is 15.6. The molecular weight excluding hydrogens is 320 g/mol. The number of benzene rings is 1. The molecule has 0 fully saturated rings. The lowest BCUT2D eigenvalue weighted by atomic mass is 10.00. The third-order valence-electron chi connectivity index (χ3n) is 4.27. The lowest BCUT2D eigenvalue weighted by Crippen LogP contribution is -2.52. The molecule has 2 rings (SSSR count). The highest BCUT2D eigenvalue weighted by Crippen LogP contribution is 2.40. The summed E-state index contributed by atoms with van der Waals surface area (Å²) in [4.78, 5) is 30.5. The summed E-state index contributed by atoms with van der Waals surface area (Å²) in [6, 6.07) is 3.49. The van der Waals surface area contributed by atoms with Gasteiger partial charge in [0, 0.05) is 13.6 Å². The Morgan fingerprint density at radius 3 is 2.72 bits per heavy atom. The van der Waals surface area contributed by atoms with Crippen molar-refractivity contribution in [3.8, 4) is 5.75 Å². The van der Waals surface area contributed by atoms with Gasteiger partial charge in [-0.2, -0.15) is 0 Å². The van der Waals surface area contributed by atoms with Crippen LogP contribution >= 0.6 is 0 Å².